The van der Waals surface area contributed by atoms with Gasteiger partial charge in [-0.2, -0.15) is 4.68 Å². The van der Waals surface area contributed by atoms with Gasteiger partial charge in [0.25, 0.3) is 0 Å². The molecule has 0 saturated carbocycles. The number of methoxy groups -OCH3 is 1. The molecular weight excluding hydrogens is 280 g/mol. The van der Waals surface area contributed by atoms with Gasteiger partial charge >= 0.3 is 6.03 Å². The maximum absolute atomic E-state index is 12.5. The number of hydrogen-bond donors (Lipinski definition) is 0. The number of aromatic nitrogens is 3. The van der Waals surface area contributed by atoms with E-state index in [4.69, 9.17) is 4.74 Å². The molecule has 0 atom stereocenters. The first-order chi connectivity index (χ1) is 10.7. The van der Waals surface area contributed by atoms with Crippen molar-refractivity contribution in [2.24, 2.45) is 0 Å². The minimum atomic E-state index is -0.225. The number of benzene rings is 2. The Labute approximate surface area is 127 Å². The molecule has 0 spiro atoms. The van der Waals surface area contributed by atoms with E-state index in [-0.39, 0.29) is 6.03 Å². The molecule has 0 fully saturated rings. The third kappa shape index (κ3) is 2.63. The Bertz CT molecular complexity index is 813. The first kappa shape index (κ1) is 14.1. The first-order valence-corrected chi connectivity index (χ1v) is 6.88. The van der Waals surface area contributed by atoms with Crippen LogP contribution in [0, 0.1) is 0 Å². The molecule has 0 radical (unpaired) electrons. The monoisotopic (exact) mass is 296 g/mol. The smallest absolute Gasteiger partial charge is 0.346 e. The van der Waals surface area contributed by atoms with Gasteiger partial charge in [0.1, 0.15) is 11.3 Å². The van der Waals surface area contributed by atoms with Crippen molar-refractivity contribution in [3.63, 3.8) is 0 Å². The highest BCUT2D eigenvalue weighted by Gasteiger charge is 2.16. The second-order valence-corrected chi connectivity index (χ2v) is 4.98. The summed E-state index contributed by atoms with van der Waals surface area (Å²) >= 11 is 0. The molecular formula is C16H16N4O2. The molecule has 0 bridgehead atoms. The third-order valence-corrected chi connectivity index (χ3v) is 3.41. The van der Waals surface area contributed by atoms with Crippen molar-refractivity contribution in [3.8, 4) is 5.75 Å². The number of carbonyl (C=O) groups is 1. The number of para-hydroxylation sites is 1. The van der Waals surface area contributed by atoms with E-state index in [0.29, 0.717) is 17.6 Å². The Morgan fingerprint density at radius 2 is 2.05 bits per heavy atom. The zero-order valence-electron chi connectivity index (χ0n) is 12.4. The predicted octanol–water partition coefficient (Wildman–Crippen LogP) is 2.54. The normalized spacial score (nSPS) is 10.6. The highest BCUT2D eigenvalue weighted by atomic mass is 16.5. The maximum Gasteiger partial charge on any atom is 0.346 e. The Morgan fingerprint density at radius 1 is 1.23 bits per heavy atom. The fraction of sp³-hybridized carbons (Fsp3) is 0.188. The van der Waals surface area contributed by atoms with E-state index in [0.717, 1.165) is 11.3 Å². The van der Waals surface area contributed by atoms with Crippen molar-refractivity contribution >= 4 is 17.1 Å². The molecule has 0 aliphatic heterocycles. The van der Waals surface area contributed by atoms with Crippen LogP contribution in [-0.4, -0.2) is 40.1 Å². The summed E-state index contributed by atoms with van der Waals surface area (Å²) in [6.45, 7) is 0.463. The lowest BCUT2D eigenvalue weighted by atomic mass is 10.2. The number of fused-ring (bicyclic) bond motifs is 1. The average molecular weight is 296 g/mol. The van der Waals surface area contributed by atoms with Crippen LogP contribution in [0.1, 0.15) is 5.56 Å². The average Bonchev–Trinajstić information content (AvgIpc) is 2.98. The van der Waals surface area contributed by atoms with Gasteiger partial charge in [-0.25, -0.2) is 4.79 Å². The SMILES string of the molecule is COc1cccc(CN(C)C(=O)n2nnc3ccccc32)c1. The van der Waals surface area contributed by atoms with Gasteiger partial charge in [0.05, 0.1) is 12.6 Å². The lowest BCUT2D eigenvalue weighted by Crippen LogP contribution is -2.31. The van der Waals surface area contributed by atoms with Gasteiger partial charge < -0.3 is 9.64 Å². The largest absolute Gasteiger partial charge is 0.497 e. The van der Waals surface area contributed by atoms with Crippen LogP contribution in [0.2, 0.25) is 0 Å². The summed E-state index contributed by atoms with van der Waals surface area (Å²) in [5.74, 6) is 0.768. The molecule has 0 unspecified atom stereocenters. The topological polar surface area (TPSA) is 60.2 Å². The molecule has 3 aromatic rings. The quantitative estimate of drug-likeness (QED) is 0.745. The Morgan fingerprint density at radius 3 is 2.86 bits per heavy atom. The molecule has 0 aliphatic rings. The predicted molar refractivity (Wildman–Crippen MR) is 82.8 cm³/mol. The summed E-state index contributed by atoms with van der Waals surface area (Å²) in [5.41, 5.74) is 2.38. The van der Waals surface area contributed by atoms with Crippen LogP contribution in [-0.2, 0) is 6.54 Å². The molecule has 0 aliphatic carbocycles. The number of rotatable bonds is 3. The van der Waals surface area contributed by atoms with Crippen molar-refractivity contribution in [3.05, 3.63) is 54.1 Å². The van der Waals surface area contributed by atoms with E-state index in [9.17, 15) is 4.79 Å². The fourth-order valence-corrected chi connectivity index (χ4v) is 2.28. The zero-order chi connectivity index (χ0) is 15.5. The molecule has 1 amide bonds. The van der Waals surface area contributed by atoms with Gasteiger partial charge in [-0.1, -0.05) is 29.5 Å². The van der Waals surface area contributed by atoms with Crippen LogP contribution < -0.4 is 4.74 Å². The Balaban J connectivity index is 1.82. The number of amides is 1. The van der Waals surface area contributed by atoms with E-state index in [1.807, 2.05) is 48.5 Å². The fourth-order valence-electron chi connectivity index (χ4n) is 2.28. The third-order valence-electron chi connectivity index (χ3n) is 3.41. The second kappa shape index (κ2) is 5.85. The van der Waals surface area contributed by atoms with Crippen molar-refractivity contribution in [2.45, 2.75) is 6.54 Å². The molecule has 22 heavy (non-hydrogen) atoms. The number of nitrogens with zero attached hydrogens (tertiary/aromatic N) is 4. The lowest BCUT2D eigenvalue weighted by molar-refractivity contribution is 0.206. The molecule has 6 heteroatoms. The van der Waals surface area contributed by atoms with Crippen molar-refractivity contribution < 1.29 is 9.53 Å². The van der Waals surface area contributed by atoms with Gasteiger partial charge in [-0.15, -0.1) is 5.10 Å². The molecule has 6 nitrogen and oxygen atoms in total. The summed E-state index contributed by atoms with van der Waals surface area (Å²) in [5, 5.41) is 7.94. The minimum absolute atomic E-state index is 0.225. The van der Waals surface area contributed by atoms with Crippen LogP contribution in [0.3, 0.4) is 0 Å². The molecule has 2 aromatic carbocycles. The molecule has 1 aromatic heterocycles. The van der Waals surface area contributed by atoms with Gasteiger partial charge in [0.15, 0.2) is 0 Å². The molecule has 0 saturated heterocycles. The van der Waals surface area contributed by atoms with Gasteiger partial charge in [0.2, 0.25) is 0 Å². The van der Waals surface area contributed by atoms with Gasteiger partial charge in [-0.05, 0) is 29.8 Å². The Hall–Kier alpha value is -2.89. The highest BCUT2D eigenvalue weighted by Crippen LogP contribution is 2.15. The Kier molecular flexibility index (Phi) is 3.74. The van der Waals surface area contributed by atoms with Crippen LogP contribution in [0.15, 0.2) is 48.5 Å². The summed E-state index contributed by atoms with van der Waals surface area (Å²) in [7, 11) is 3.35. The van der Waals surface area contributed by atoms with E-state index in [1.54, 1.807) is 19.1 Å². The number of hydrogen-bond acceptors (Lipinski definition) is 4. The summed E-state index contributed by atoms with van der Waals surface area (Å²) in [4.78, 5) is 14.1. The standard InChI is InChI=1S/C16H16N4O2/c1-19(11-12-6-5-7-13(10-12)22-2)16(21)20-15-9-4-3-8-14(15)17-18-20/h3-10H,11H2,1-2H3. The van der Waals surface area contributed by atoms with E-state index in [2.05, 4.69) is 10.3 Å². The minimum Gasteiger partial charge on any atom is -0.497 e. The van der Waals surface area contributed by atoms with Crippen LogP contribution in [0.25, 0.3) is 11.0 Å². The number of ether oxygens (including phenoxy) is 1. The van der Waals surface area contributed by atoms with E-state index < -0.39 is 0 Å². The lowest BCUT2D eigenvalue weighted by Gasteiger charge is -2.17. The first-order valence-electron chi connectivity index (χ1n) is 6.88. The molecule has 0 N–H and O–H groups in total. The molecule has 112 valence electrons. The van der Waals surface area contributed by atoms with Crippen LogP contribution in [0.5, 0.6) is 5.75 Å². The van der Waals surface area contributed by atoms with Crippen LogP contribution in [0.4, 0.5) is 4.79 Å². The molecule has 3 rings (SSSR count). The van der Waals surface area contributed by atoms with Crippen molar-refractivity contribution in [1.82, 2.24) is 19.9 Å². The van der Waals surface area contributed by atoms with Crippen molar-refractivity contribution in [2.75, 3.05) is 14.2 Å². The van der Waals surface area contributed by atoms with E-state index in [1.165, 1.54) is 4.68 Å². The highest BCUT2D eigenvalue weighted by molar-refractivity contribution is 5.87. The second-order valence-electron chi connectivity index (χ2n) is 4.98. The molecule has 1 heterocycles. The summed E-state index contributed by atoms with van der Waals surface area (Å²) in [6.07, 6.45) is 0. The van der Waals surface area contributed by atoms with Crippen molar-refractivity contribution in [1.29, 1.82) is 0 Å². The van der Waals surface area contributed by atoms with Crippen LogP contribution >= 0.6 is 0 Å². The van der Waals surface area contributed by atoms with Gasteiger partial charge in [0, 0.05) is 13.6 Å². The summed E-state index contributed by atoms with van der Waals surface area (Å²) in [6, 6.07) is 14.8. The maximum atomic E-state index is 12.5. The number of carbonyl (C=O) groups excluding carboxylic acids is 1. The van der Waals surface area contributed by atoms with Gasteiger partial charge in [-0.3, -0.25) is 0 Å². The van der Waals surface area contributed by atoms with E-state index >= 15 is 0 Å². The summed E-state index contributed by atoms with van der Waals surface area (Å²) < 4.78 is 6.51. The zero-order valence-corrected chi connectivity index (χ0v) is 12.4.